The van der Waals surface area contributed by atoms with Gasteiger partial charge in [0.1, 0.15) is 0 Å². The summed E-state index contributed by atoms with van der Waals surface area (Å²) in [5, 5.41) is 7.75. The molecule has 0 radical (unpaired) electrons. The Morgan fingerprint density at radius 1 is 1.40 bits per heavy atom. The second-order valence-electron chi connectivity index (χ2n) is 5.32. The zero-order chi connectivity index (χ0) is 13.9. The summed E-state index contributed by atoms with van der Waals surface area (Å²) in [7, 11) is 1.97. The molecule has 1 aliphatic heterocycles. The minimum Gasteiger partial charge on any atom is -0.372 e. The molecule has 1 N–H and O–H groups in total. The van der Waals surface area contributed by atoms with Crippen LogP contribution in [0, 0.1) is 6.92 Å². The van der Waals surface area contributed by atoms with Gasteiger partial charge in [0.15, 0.2) is 0 Å². The lowest BCUT2D eigenvalue weighted by Crippen LogP contribution is -2.27. The van der Waals surface area contributed by atoms with E-state index >= 15 is 0 Å². The van der Waals surface area contributed by atoms with Crippen LogP contribution < -0.4 is 5.32 Å². The normalized spacial score (nSPS) is 18.0. The maximum Gasteiger partial charge on any atom is 0.0952 e. The molecule has 0 amide bonds. The van der Waals surface area contributed by atoms with Gasteiger partial charge in [-0.05, 0) is 24.5 Å². The lowest BCUT2D eigenvalue weighted by Gasteiger charge is -2.26. The molecule has 1 aromatic heterocycles. The lowest BCUT2D eigenvalue weighted by atomic mass is 9.97. The number of ether oxygens (including phenoxy) is 1. The van der Waals surface area contributed by atoms with Crippen molar-refractivity contribution in [3.8, 4) is 0 Å². The fourth-order valence-corrected chi connectivity index (χ4v) is 2.70. The second-order valence-corrected chi connectivity index (χ2v) is 5.32. The molecule has 4 heteroatoms. The number of aromatic nitrogens is 2. The first-order chi connectivity index (χ1) is 9.75. The summed E-state index contributed by atoms with van der Waals surface area (Å²) < 4.78 is 7.80. The third-order valence-corrected chi connectivity index (χ3v) is 4.07. The van der Waals surface area contributed by atoms with Crippen LogP contribution in [-0.4, -0.2) is 22.9 Å². The van der Waals surface area contributed by atoms with Gasteiger partial charge >= 0.3 is 0 Å². The van der Waals surface area contributed by atoms with Crippen molar-refractivity contribution in [1.29, 1.82) is 0 Å². The molecule has 2 heterocycles. The quantitative estimate of drug-likeness (QED) is 0.926. The summed E-state index contributed by atoms with van der Waals surface area (Å²) in [6.07, 6.45) is 3.11. The maximum atomic E-state index is 5.89. The summed E-state index contributed by atoms with van der Waals surface area (Å²) in [6, 6.07) is 8.58. The largest absolute Gasteiger partial charge is 0.372 e. The van der Waals surface area contributed by atoms with Crippen molar-refractivity contribution in [3.05, 3.63) is 52.8 Å². The molecule has 4 nitrogen and oxygen atoms in total. The van der Waals surface area contributed by atoms with Crippen LogP contribution in [0.4, 0.5) is 0 Å². The topological polar surface area (TPSA) is 39.1 Å². The van der Waals surface area contributed by atoms with E-state index in [2.05, 4.69) is 41.6 Å². The van der Waals surface area contributed by atoms with E-state index in [0.717, 1.165) is 26.1 Å². The van der Waals surface area contributed by atoms with Crippen LogP contribution in [0.1, 0.15) is 28.5 Å². The van der Waals surface area contributed by atoms with Crippen molar-refractivity contribution < 1.29 is 4.74 Å². The maximum absolute atomic E-state index is 5.89. The van der Waals surface area contributed by atoms with Crippen molar-refractivity contribution in [3.63, 3.8) is 0 Å². The standard InChI is InChI=1S/C16H21N3O/c1-12-14(10-18-19(12)2)9-17-11-16-15-6-4-3-5-13(15)7-8-20-16/h3-6,10,16-17H,7-9,11H2,1-2H3. The Morgan fingerprint density at radius 3 is 3.05 bits per heavy atom. The van der Waals surface area contributed by atoms with Crippen LogP contribution >= 0.6 is 0 Å². The van der Waals surface area contributed by atoms with Crippen LogP contribution in [0.15, 0.2) is 30.5 Å². The van der Waals surface area contributed by atoms with Crippen LogP contribution in [0.5, 0.6) is 0 Å². The SMILES string of the molecule is Cc1c(CNCC2OCCc3ccccc32)cnn1C. The Bertz CT molecular complexity index is 591. The fraction of sp³-hybridized carbons (Fsp3) is 0.438. The summed E-state index contributed by atoms with van der Waals surface area (Å²) in [5.41, 5.74) is 5.20. The van der Waals surface area contributed by atoms with Gasteiger partial charge < -0.3 is 10.1 Å². The van der Waals surface area contributed by atoms with E-state index in [9.17, 15) is 0 Å². The number of aryl methyl sites for hydroxylation is 1. The molecule has 1 atom stereocenters. The Morgan fingerprint density at radius 2 is 2.25 bits per heavy atom. The van der Waals surface area contributed by atoms with Gasteiger partial charge in [0.2, 0.25) is 0 Å². The first kappa shape index (κ1) is 13.3. The summed E-state index contributed by atoms with van der Waals surface area (Å²) in [4.78, 5) is 0. The number of rotatable bonds is 4. The summed E-state index contributed by atoms with van der Waals surface area (Å²) in [5.74, 6) is 0. The van der Waals surface area contributed by atoms with E-state index in [-0.39, 0.29) is 6.10 Å². The van der Waals surface area contributed by atoms with Gasteiger partial charge in [-0.3, -0.25) is 4.68 Å². The molecule has 1 aliphatic rings. The third-order valence-electron chi connectivity index (χ3n) is 4.07. The molecule has 1 unspecified atom stereocenters. The predicted molar refractivity (Wildman–Crippen MR) is 78.5 cm³/mol. The van der Waals surface area contributed by atoms with Gasteiger partial charge in [-0.25, -0.2) is 0 Å². The number of fused-ring (bicyclic) bond motifs is 1. The van der Waals surface area contributed by atoms with E-state index in [1.807, 2.05) is 17.9 Å². The van der Waals surface area contributed by atoms with E-state index in [0.29, 0.717) is 0 Å². The fourth-order valence-electron chi connectivity index (χ4n) is 2.70. The molecule has 0 saturated carbocycles. The molecule has 0 spiro atoms. The van der Waals surface area contributed by atoms with Gasteiger partial charge in [0.05, 0.1) is 18.9 Å². The smallest absolute Gasteiger partial charge is 0.0952 e. The predicted octanol–water partition coefficient (Wildman–Crippen LogP) is 2.13. The number of benzene rings is 1. The molecule has 2 aromatic rings. The Kier molecular flexibility index (Phi) is 3.85. The lowest BCUT2D eigenvalue weighted by molar-refractivity contribution is 0.0423. The van der Waals surface area contributed by atoms with E-state index in [1.54, 1.807) is 0 Å². The zero-order valence-electron chi connectivity index (χ0n) is 12.1. The Labute approximate surface area is 119 Å². The summed E-state index contributed by atoms with van der Waals surface area (Å²) >= 11 is 0. The van der Waals surface area contributed by atoms with Crippen molar-refractivity contribution in [2.45, 2.75) is 26.0 Å². The van der Waals surface area contributed by atoms with Crippen molar-refractivity contribution >= 4 is 0 Å². The highest BCUT2D eigenvalue weighted by atomic mass is 16.5. The van der Waals surface area contributed by atoms with Gasteiger partial charge in [0, 0.05) is 31.4 Å². The highest BCUT2D eigenvalue weighted by Crippen LogP contribution is 2.26. The number of hydrogen-bond acceptors (Lipinski definition) is 3. The number of nitrogens with one attached hydrogen (secondary N) is 1. The highest BCUT2D eigenvalue weighted by Gasteiger charge is 2.19. The molecular weight excluding hydrogens is 250 g/mol. The minimum atomic E-state index is 0.164. The van der Waals surface area contributed by atoms with Crippen molar-refractivity contribution in [1.82, 2.24) is 15.1 Å². The van der Waals surface area contributed by atoms with Gasteiger partial charge in [-0.2, -0.15) is 5.10 Å². The molecule has 0 fully saturated rings. The van der Waals surface area contributed by atoms with Crippen molar-refractivity contribution in [2.24, 2.45) is 7.05 Å². The van der Waals surface area contributed by atoms with Crippen LogP contribution in [0.25, 0.3) is 0 Å². The Hall–Kier alpha value is -1.65. The second kappa shape index (κ2) is 5.77. The van der Waals surface area contributed by atoms with E-state index in [4.69, 9.17) is 4.74 Å². The van der Waals surface area contributed by atoms with Crippen molar-refractivity contribution in [2.75, 3.05) is 13.2 Å². The van der Waals surface area contributed by atoms with E-state index in [1.165, 1.54) is 22.4 Å². The molecule has 0 saturated heterocycles. The molecular formula is C16H21N3O. The van der Waals surface area contributed by atoms with Crippen LogP contribution in [0.3, 0.4) is 0 Å². The van der Waals surface area contributed by atoms with E-state index < -0.39 is 0 Å². The average molecular weight is 271 g/mol. The minimum absolute atomic E-state index is 0.164. The molecule has 0 bridgehead atoms. The van der Waals surface area contributed by atoms with Gasteiger partial charge in [-0.15, -0.1) is 0 Å². The molecule has 3 rings (SSSR count). The average Bonchev–Trinajstić information content (AvgIpc) is 2.79. The molecule has 0 aliphatic carbocycles. The number of hydrogen-bond donors (Lipinski definition) is 1. The summed E-state index contributed by atoms with van der Waals surface area (Å²) in [6.45, 7) is 4.58. The monoisotopic (exact) mass is 271 g/mol. The highest BCUT2D eigenvalue weighted by molar-refractivity contribution is 5.31. The first-order valence-electron chi connectivity index (χ1n) is 7.13. The molecule has 106 valence electrons. The number of nitrogens with zero attached hydrogens (tertiary/aromatic N) is 2. The first-order valence-corrected chi connectivity index (χ1v) is 7.13. The van der Waals surface area contributed by atoms with Gasteiger partial charge in [0.25, 0.3) is 0 Å². The molecule has 20 heavy (non-hydrogen) atoms. The molecule has 1 aromatic carbocycles. The zero-order valence-corrected chi connectivity index (χ0v) is 12.1. The third kappa shape index (κ3) is 2.62. The van der Waals surface area contributed by atoms with Gasteiger partial charge in [-0.1, -0.05) is 24.3 Å². The van der Waals surface area contributed by atoms with Crippen LogP contribution in [-0.2, 0) is 24.8 Å². The Balaban J connectivity index is 1.61. The van der Waals surface area contributed by atoms with Crippen LogP contribution in [0.2, 0.25) is 0 Å².